The molecule has 0 aliphatic heterocycles. The number of aliphatic hydroxyl groups excluding tert-OH is 1. The molecule has 1 N–H and O–H groups in total. The molecule has 1 atom stereocenters. The summed E-state index contributed by atoms with van der Waals surface area (Å²) < 4.78 is 45.6. The normalized spacial score (nSPS) is 12.8. The number of furan rings is 1. The van der Waals surface area contributed by atoms with E-state index in [1.165, 1.54) is 6.07 Å². The van der Waals surface area contributed by atoms with E-state index in [1.54, 1.807) is 18.2 Å². The van der Waals surface area contributed by atoms with Crippen LogP contribution >= 0.6 is 11.6 Å². The third kappa shape index (κ3) is 2.50. The Morgan fingerprint density at radius 2 is 1.67 bits per heavy atom. The fourth-order valence-corrected chi connectivity index (χ4v) is 2.31. The number of aliphatic hydroxyl groups is 1. The fourth-order valence-electron chi connectivity index (χ4n) is 2.13. The summed E-state index contributed by atoms with van der Waals surface area (Å²) >= 11 is 5.83. The number of hydrogen-bond donors (Lipinski definition) is 1. The number of hydrogen-bond acceptors (Lipinski definition) is 2. The van der Waals surface area contributed by atoms with Crippen molar-refractivity contribution in [2.45, 2.75) is 6.10 Å². The second kappa shape index (κ2) is 5.09. The van der Waals surface area contributed by atoms with Crippen molar-refractivity contribution >= 4 is 22.6 Å². The highest BCUT2D eigenvalue weighted by molar-refractivity contribution is 6.31. The predicted molar refractivity (Wildman–Crippen MR) is 71.6 cm³/mol. The van der Waals surface area contributed by atoms with E-state index in [9.17, 15) is 18.3 Å². The van der Waals surface area contributed by atoms with Crippen LogP contribution in [0.5, 0.6) is 0 Å². The van der Waals surface area contributed by atoms with E-state index in [-0.39, 0.29) is 5.76 Å². The molecule has 2 aromatic carbocycles. The first-order chi connectivity index (χ1) is 9.95. The van der Waals surface area contributed by atoms with E-state index in [1.807, 2.05) is 0 Å². The van der Waals surface area contributed by atoms with Gasteiger partial charge in [-0.3, -0.25) is 0 Å². The van der Waals surface area contributed by atoms with Gasteiger partial charge in [0.1, 0.15) is 34.9 Å². The summed E-state index contributed by atoms with van der Waals surface area (Å²) in [6.45, 7) is 0. The summed E-state index contributed by atoms with van der Waals surface area (Å²) in [5.41, 5.74) is -0.252. The number of rotatable bonds is 2. The average Bonchev–Trinajstić information content (AvgIpc) is 2.80. The van der Waals surface area contributed by atoms with Crippen LogP contribution in [0, 0.1) is 17.5 Å². The van der Waals surface area contributed by atoms with Gasteiger partial charge in [0.25, 0.3) is 0 Å². The first-order valence-corrected chi connectivity index (χ1v) is 6.35. The molecule has 0 radical (unpaired) electrons. The van der Waals surface area contributed by atoms with Crippen LogP contribution < -0.4 is 0 Å². The van der Waals surface area contributed by atoms with E-state index >= 15 is 0 Å². The van der Waals surface area contributed by atoms with E-state index < -0.39 is 29.1 Å². The zero-order valence-electron chi connectivity index (χ0n) is 10.4. The Kier molecular flexibility index (Phi) is 3.39. The Labute approximate surface area is 122 Å². The summed E-state index contributed by atoms with van der Waals surface area (Å²) in [4.78, 5) is 0. The Morgan fingerprint density at radius 3 is 2.33 bits per heavy atom. The van der Waals surface area contributed by atoms with Crippen molar-refractivity contribution in [1.29, 1.82) is 0 Å². The van der Waals surface area contributed by atoms with Crippen LogP contribution in [0.25, 0.3) is 11.0 Å². The van der Waals surface area contributed by atoms with Crippen molar-refractivity contribution in [3.05, 3.63) is 70.2 Å². The molecule has 1 heterocycles. The van der Waals surface area contributed by atoms with Crippen molar-refractivity contribution < 1.29 is 22.7 Å². The lowest BCUT2D eigenvalue weighted by Crippen LogP contribution is -2.05. The van der Waals surface area contributed by atoms with Gasteiger partial charge in [0.05, 0.1) is 5.56 Å². The van der Waals surface area contributed by atoms with Gasteiger partial charge in [-0.05, 0) is 24.3 Å². The maximum atomic E-state index is 13.7. The summed E-state index contributed by atoms with van der Waals surface area (Å²) in [7, 11) is 0. The molecule has 2 nitrogen and oxygen atoms in total. The smallest absolute Gasteiger partial charge is 0.142 e. The van der Waals surface area contributed by atoms with Gasteiger partial charge >= 0.3 is 0 Å². The van der Waals surface area contributed by atoms with E-state index in [0.29, 0.717) is 28.1 Å². The largest absolute Gasteiger partial charge is 0.458 e. The molecule has 1 unspecified atom stereocenters. The highest BCUT2D eigenvalue weighted by Crippen LogP contribution is 2.32. The minimum Gasteiger partial charge on any atom is -0.458 e. The van der Waals surface area contributed by atoms with E-state index in [4.69, 9.17) is 16.0 Å². The summed E-state index contributed by atoms with van der Waals surface area (Å²) in [6.07, 6.45) is -1.68. The number of fused-ring (bicyclic) bond motifs is 1. The van der Waals surface area contributed by atoms with Crippen molar-refractivity contribution in [2.75, 3.05) is 0 Å². The Balaban J connectivity index is 2.10. The molecular weight excluding hydrogens is 305 g/mol. The molecule has 3 rings (SSSR count). The number of halogens is 4. The Hall–Kier alpha value is -1.98. The topological polar surface area (TPSA) is 33.4 Å². The van der Waals surface area contributed by atoms with Crippen LogP contribution in [0.1, 0.15) is 17.4 Å². The van der Waals surface area contributed by atoms with Gasteiger partial charge in [-0.25, -0.2) is 13.2 Å². The van der Waals surface area contributed by atoms with Gasteiger partial charge in [0.15, 0.2) is 0 Å². The van der Waals surface area contributed by atoms with Crippen LogP contribution in [0.3, 0.4) is 0 Å². The molecule has 0 amide bonds. The molecule has 0 spiro atoms. The molecule has 3 aromatic rings. The fraction of sp³-hybridized carbons (Fsp3) is 0.0667. The van der Waals surface area contributed by atoms with Gasteiger partial charge in [0, 0.05) is 22.5 Å². The van der Waals surface area contributed by atoms with Crippen LogP contribution in [0.15, 0.2) is 40.8 Å². The Bertz CT molecular complexity index is 806. The molecule has 0 fully saturated rings. The molecule has 108 valence electrons. The monoisotopic (exact) mass is 312 g/mol. The zero-order valence-corrected chi connectivity index (χ0v) is 11.2. The standard InChI is InChI=1S/C15H8ClF3O2/c16-8-1-2-12-7(3-8)4-13(21-12)15(20)14-10(18)5-9(17)6-11(14)19/h1-6,15,20H. The minimum absolute atomic E-state index is 0.0586. The first kappa shape index (κ1) is 14.0. The minimum atomic E-state index is -1.68. The van der Waals surface area contributed by atoms with Gasteiger partial charge < -0.3 is 9.52 Å². The first-order valence-electron chi connectivity index (χ1n) is 5.97. The second-order valence-corrected chi connectivity index (χ2v) is 4.95. The lowest BCUT2D eigenvalue weighted by molar-refractivity contribution is 0.182. The van der Waals surface area contributed by atoms with Gasteiger partial charge in [-0.1, -0.05) is 11.6 Å². The zero-order chi connectivity index (χ0) is 15.1. The third-order valence-corrected chi connectivity index (χ3v) is 3.32. The summed E-state index contributed by atoms with van der Waals surface area (Å²) in [5, 5.41) is 11.1. The summed E-state index contributed by atoms with van der Waals surface area (Å²) in [5.74, 6) is -3.48. The van der Waals surface area contributed by atoms with Crippen LogP contribution in [-0.2, 0) is 0 Å². The highest BCUT2D eigenvalue weighted by atomic mass is 35.5. The van der Waals surface area contributed by atoms with E-state index in [2.05, 4.69) is 0 Å². The number of benzene rings is 2. The van der Waals surface area contributed by atoms with Crippen LogP contribution in [0.2, 0.25) is 5.02 Å². The molecule has 6 heteroatoms. The lowest BCUT2D eigenvalue weighted by atomic mass is 10.1. The molecule has 21 heavy (non-hydrogen) atoms. The predicted octanol–water partition coefficient (Wildman–Crippen LogP) is 4.59. The van der Waals surface area contributed by atoms with Crippen molar-refractivity contribution in [3.63, 3.8) is 0 Å². The summed E-state index contributed by atoms with van der Waals surface area (Å²) in [6, 6.07) is 7.18. The molecule has 0 saturated heterocycles. The lowest BCUT2D eigenvalue weighted by Gasteiger charge is -2.10. The highest BCUT2D eigenvalue weighted by Gasteiger charge is 2.24. The maximum absolute atomic E-state index is 13.7. The van der Waals surface area contributed by atoms with Crippen molar-refractivity contribution in [2.24, 2.45) is 0 Å². The Morgan fingerprint density at radius 1 is 1.00 bits per heavy atom. The second-order valence-electron chi connectivity index (χ2n) is 4.52. The molecule has 0 saturated carbocycles. The van der Waals surface area contributed by atoms with Crippen LogP contribution in [0.4, 0.5) is 13.2 Å². The molecule has 0 aliphatic rings. The van der Waals surface area contributed by atoms with Gasteiger partial charge in [0.2, 0.25) is 0 Å². The van der Waals surface area contributed by atoms with E-state index in [0.717, 1.165) is 0 Å². The SMILES string of the molecule is OC(c1cc2cc(Cl)ccc2o1)c1c(F)cc(F)cc1F. The van der Waals surface area contributed by atoms with Gasteiger partial charge in [-0.15, -0.1) is 0 Å². The third-order valence-electron chi connectivity index (χ3n) is 3.08. The quantitative estimate of drug-likeness (QED) is 0.751. The van der Waals surface area contributed by atoms with Gasteiger partial charge in [-0.2, -0.15) is 0 Å². The molecule has 1 aromatic heterocycles. The van der Waals surface area contributed by atoms with Crippen molar-refractivity contribution in [3.8, 4) is 0 Å². The molecular formula is C15H8ClF3O2. The average molecular weight is 313 g/mol. The molecule has 0 bridgehead atoms. The maximum Gasteiger partial charge on any atom is 0.142 e. The molecule has 0 aliphatic carbocycles. The van der Waals surface area contributed by atoms with Crippen LogP contribution in [-0.4, -0.2) is 5.11 Å². The van der Waals surface area contributed by atoms with Crippen molar-refractivity contribution in [1.82, 2.24) is 0 Å².